The molecule has 0 aromatic rings. The van der Waals surface area contributed by atoms with Crippen molar-refractivity contribution in [2.45, 2.75) is 12.5 Å². The quantitative estimate of drug-likeness (QED) is 0.694. The topological polar surface area (TPSA) is 63.3 Å². The van der Waals surface area contributed by atoms with Gasteiger partial charge in [0.05, 0.1) is 13.3 Å². The Morgan fingerprint density at radius 2 is 1.83 bits per heavy atom. The van der Waals surface area contributed by atoms with Crippen LogP contribution >= 0.6 is 12.4 Å². The van der Waals surface area contributed by atoms with Gasteiger partial charge in [-0.3, -0.25) is 13.6 Å². The number of carboxylic acid groups (broad SMARTS) is 1. The third-order valence-corrected chi connectivity index (χ3v) is 1.34. The molecule has 0 aromatic carbocycles. The second kappa shape index (κ2) is 7.24. The molecule has 0 heterocycles. The number of rotatable bonds is 5. The van der Waals surface area contributed by atoms with Crippen LogP contribution in [-0.2, 0) is 4.79 Å². The minimum absolute atomic E-state index is 0. The van der Waals surface area contributed by atoms with Gasteiger partial charge in [0.1, 0.15) is 6.04 Å². The van der Waals surface area contributed by atoms with Crippen LogP contribution in [0.5, 0.6) is 0 Å². The van der Waals surface area contributed by atoms with Gasteiger partial charge < -0.3 is 10.8 Å². The number of carboxylic acids is 1. The van der Waals surface area contributed by atoms with Gasteiger partial charge in [-0.25, -0.2) is 0 Å². The number of carbonyl (C=O) groups is 1. The second-order valence-electron chi connectivity index (χ2n) is 2.36. The van der Waals surface area contributed by atoms with E-state index in [-0.39, 0.29) is 18.8 Å². The van der Waals surface area contributed by atoms with Crippen molar-refractivity contribution in [1.29, 1.82) is 0 Å². The Morgan fingerprint density at radius 1 is 1.42 bits per heavy atom. The van der Waals surface area contributed by atoms with Crippen LogP contribution in [0.25, 0.3) is 0 Å². The van der Waals surface area contributed by atoms with Crippen molar-refractivity contribution in [3.8, 4) is 0 Å². The summed E-state index contributed by atoms with van der Waals surface area (Å²) in [4.78, 5) is 10.1. The van der Waals surface area contributed by atoms with Crippen LogP contribution in [0.3, 0.4) is 0 Å². The minimum atomic E-state index is -1.23. The fourth-order valence-corrected chi connectivity index (χ4v) is 0.627. The number of nitrogens with two attached hydrogens (primary N) is 1. The number of alkyl halides is 2. The predicted octanol–water partition coefficient (Wildman–Crippen LogP) is 0.765. The van der Waals surface area contributed by atoms with Crippen LogP contribution in [0.15, 0.2) is 0 Å². The summed E-state index contributed by atoms with van der Waals surface area (Å²) in [7, 11) is 0. The largest absolute Gasteiger partial charge is 0.480 e. The number of hydrogen-bond acceptors (Lipinski definition) is 2. The Kier molecular flexibility index (Phi) is 8.52. The molecule has 0 spiro atoms. The zero-order valence-electron chi connectivity index (χ0n) is 6.37. The third-order valence-electron chi connectivity index (χ3n) is 1.34. The normalized spacial score (nSPS) is 12.3. The number of halogens is 3. The van der Waals surface area contributed by atoms with Crippen molar-refractivity contribution >= 4 is 18.4 Å². The Balaban J connectivity index is 0. The summed E-state index contributed by atoms with van der Waals surface area (Å²) in [5, 5.41) is 8.25. The van der Waals surface area contributed by atoms with Crippen molar-refractivity contribution < 1.29 is 18.7 Å². The molecule has 74 valence electrons. The van der Waals surface area contributed by atoms with Gasteiger partial charge in [-0.15, -0.1) is 12.4 Å². The van der Waals surface area contributed by atoms with Crippen LogP contribution in [0, 0.1) is 5.92 Å². The van der Waals surface area contributed by atoms with E-state index in [0.29, 0.717) is 0 Å². The predicted molar refractivity (Wildman–Crippen MR) is 42.9 cm³/mol. The molecule has 1 atom stereocenters. The summed E-state index contributed by atoms with van der Waals surface area (Å²) >= 11 is 0. The maximum Gasteiger partial charge on any atom is 0.320 e. The zero-order chi connectivity index (χ0) is 8.85. The van der Waals surface area contributed by atoms with Crippen LogP contribution in [-0.4, -0.2) is 30.5 Å². The monoisotopic (exact) mass is 203 g/mol. The van der Waals surface area contributed by atoms with E-state index in [2.05, 4.69) is 0 Å². The first-order chi connectivity index (χ1) is 5.11. The highest BCUT2D eigenvalue weighted by Gasteiger charge is 2.18. The first-order valence-electron chi connectivity index (χ1n) is 3.22. The van der Waals surface area contributed by atoms with Crippen LogP contribution in [0.2, 0.25) is 0 Å². The summed E-state index contributed by atoms with van der Waals surface area (Å²) in [5.74, 6) is -2.10. The fourth-order valence-electron chi connectivity index (χ4n) is 0.627. The van der Waals surface area contributed by atoms with E-state index in [1.54, 1.807) is 0 Å². The Hall–Kier alpha value is -0.420. The molecule has 0 rings (SSSR count). The number of aliphatic carboxylic acids is 1. The van der Waals surface area contributed by atoms with Crippen LogP contribution < -0.4 is 5.73 Å². The van der Waals surface area contributed by atoms with E-state index < -0.39 is 31.3 Å². The van der Waals surface area contributed by atoms with Gasteiger partial charge >= 0.3 is 5.97 Å². The highest BCUT2D eigenvalue weighted by molar-refractivity contribution is 5.85. The van der Waals surface area contributed by atoms with E-state index in [0.717, 1.165) is 0 Å². The molecule has 0 aliphatic heterocycles. The molecule has 0 amide bonds. The molecule has 0 saturated carbocycles. The Morgan fingerprint density at radius 3 is 2.08 bits per heavy atom. The molecule has 12 heavy (non-hydrogen) atoms. The van der Waals surface area contributed by atoms with Crippen molar-refractivity contribution in [3.05, 3.63) is 0 Å². The van der Waals surface area contributed by atoms with Gasteiger partial charge in [0, 0.05) is 5.92 Å². The van der Waals surface area contributed by atoms with Crippen molar-refractivity contribution in [2.24, 2.45) is 11.7 Å². The van der Waals surface area contributed by atoms with E-state index in [1.165, 1.54) is 0 Å². The van der Waals surface area contributed by atoms with Gasteiger partial charge in [0.25, 0.3) is 0 Å². The highest BCUT2D eigenvalue weighted by Crippen LogP contribution is 2.07. The van der Waals surface area contributed by atoms with Gasteiger partial charge in [0.2, 0.25) is 0 Å². The summed E-state index contributed by atoms with van der Waals surface area (Å²) in [5.41, 5.74) is 5.04. The van der Waals surface area contributed by atoms with Gasteiger partial charge in [0.15, 0.2) is 0 Å². The SMILES string of the molecule is Cl.NC(CC(CF)CF)C(=O)O. The fraction of sp³-hybridized carbons (Fsp3) is 0.833. The zero-order valence-corrected chi connectivity index (χ0v) is 7.19. The molecule has 0 bridgehead atoms. The van der Waals surface area contributed by atoms with E-state index >= 15 is 0 Å². The molecular formula is C6H12ClF2NO2. The average Bonchev–Trinajstić information content (AvgIpc) is 1.99. The maximum absolute atomic E-state index is 11.8. The molecule has 0 saturated heterocycles. The van der Waals surface area contributed by atoms with Gasteiger partial charge in [-0.1, -0.05) is 0 Å². The smallest absolute Gasteiger partial charge is 0.320 e. The summed E-state index contributed by atoms with van der Waals surface area (Å²) < 4.78 is 23.6. The Bertz CT molecular complexity index is 133. The second-order valence-corrected chi connectivity index (χ2v) is 2.36. The Labute approximate surface area is 75.3 Å². The molecule has 3 N–H and O–H groups in total. The van der Waals surface area contributed by atoms with Crippen LogP contribution in [0.4, 0.5) is 8.78 Å². The highest BCUT2D eigenvalue weighted by atomic mass is 35.5. The molecule has 0 aliphatic rings. The molecule has 1 unspecified atom stereocenters. The molecule has 3 nitrogen and oxygen atoms in total. The molecule has 0 fully saturated rings. The van der Waals surface area contributed by atoms with Gasteiger partial charge in [-0.05, 0) is 6.42 Å². The van der Waals surface area contributed by atoms with Gasteiger partial charge in [-0.2, -0.15) is 0 Å². The summed E-state index contributed by atoms with van der Waals surface area (Å²) in [6.07, 6.45) is -0.150. The third kappa shape index (κ3) is 5.26. The summed E-state index contributed by atoms with van der Waals surface area (Å²) in [6, 6.07) is -1.16. The lowest BCUT2D eigenvalue weighted by molar-refractivity contribution is -0.139. The maximum atomic E-state index is 11.8. The van der Waals surface area contributed by atoms with Crippen molar-refractivity contribution in [1.82, 2.24) is 0 Å². The molecule has 0 aromatic heterocycles. The summed E-state index contributed by atoms with van der Waals surface area (Å²) in [6.45, 7) is -1.73. The lowest BCUT2D eigenvalue weighted by Gasteiger charge is -2.10. The molecule has 0 aliphatic carbocycles. The van der Waals surface area contributed by atoms with Crippen molar-refractivity contribution in [2.75, 3.05) is 13.3 Å². The van der Waals surface area contributed by atoms with E-state index in [4.69, 9.17) is 10.8 Å². The molecular weight excluding hydrogens is 192 g/mol. The minimum Gasteiger partial charge on any atom is -0.480 e. The van der Waals surface area contributed by atoms with Crippen LogP contribution in [0.1, 0.15) is 6.42 Å². The first kappa shape index (κ1) is 14.1. The number of hydrogen-bond donors (Lipinski definition) is 2. The lowest BCUT2D eigenvalue weighted by Crippen LogP contribution is -2.33. The lowest BCUT2D eigenvalue weighted by atomic mass is 10.0. The van der Waals surface area contributed by atoms with Crippen molar-refractivity contribution in [3.63, 3.8) is 0 Å². The average molecular weight is 204 g/mol. The van der Waals surface area contributed by atoms with E-state index in [1.807, 2.05) is 0 Å². The molecule has 0 radical (unpaired) electrons. The van der Waals surface area contributed by atoms with E-state index in [9.17, 15) is 13.6 Å². The first-order valence-corrected chi connectivity index (χ1v) is 3.22. The molecule has 6 heteroatoms. The standard InChI is InChI=1S/C6H11F2NO2.ClH/c7-2-4(3-8)1-5(9)6(10)11;/h4-5H,1-3,9H2,(H,10,11);1H.